The smallest absolute Gasteiger partial charge is 0.416 e. The van der Waals surface area contributed by atoms with Gasteiger partial charge < -0.3 is 25.0 Å². The largest absolute Gasteiger partial charge is 0.461 e. The number of ether oxygens (including phenoxy) is 2. The lowest BCUT2D eigenvalue weighted by Gasteiger charge is -2.44. The molecule has 5 aliphatic heterocycles. The van der Waals surface area contributed by atoms with Gasteiger partial charge in [0, 0.05) is 74.9 Å². The summed E-state index contributed by atoms with van der Waals surface area (Å²) < 4.78 is 114. The number of nitrogens with zero attached hydrogens (tertiary/aromatic N) is 7. The number of rotatable bonds is 6. The molecule has 3 atom stereocenters. The number of nitrogen functional groups attached to an aromatic ring is 1. The minimum atomic E-state index is -4.89. The number of hydrogen-bond acceptors (Lipinski definition) is 9. The number of aryl methyl sites for hydroxylation is 1. The number of aromatic nitrogens is 4. The highest BCUT2D eigenvalue weighted by atomic mass is 35.5. The molecule has 9 rings (SSSR count). The predicted octanol–water partition coefficient (Wildman–Crippen LogP) is 6.51. The summed E-state index contributed by atoms with van der Waals surface area (Å²) in [5.74, 6) is -4.02. The molecule has 1 saturated carbocycles. The van der Waals surface area contributed by atoms with Crippen LogP contribution in [0.5, 0.6) is 6.01 Å². The monoisotopic (exact) mass is 812 g/mol. The quantitative estimate of drug-likeness (QED) is 0.220. The molecule has 1 aliphatic carbocycles. The molecule has 4 fully saturated rings. The fraction of sp³-hybridized carbons (Fsp3) is 0.622. The molecule has 1 spiro atoms. The van der Waals surface area contributed by atoms with Gasteiger partial charge in [0.05, 0.1) is 52.5 Å². The third-order valence-corrected chi connectivity index (χ3v) is 13.0. The minimum absolute atomic E-state index is 0.0271. The van der Waals surface area contributed by atoms with Crippen LogP contribution in [0.3, 0.4) is 0 Å². The maximum absolute atomic E-state index is 15.4. The van der Waals surface area contributed by atoms with Crippen LogP contribution in [-0.2, 0) is 37.0 Å². The Morgan fingerprint density at radius 1 is 1.09 bits per heavy atom. The summed E-state index contributed by atoms with van der Waals surface area (Å²) in [7, 11) is 0. The van der Waals surface area contributed by atoms with Crippen molar-refractivity contribution < 1.29 is 45.0 Å². The second-order valence-corrected chi connectivity index (χ2v) is 16.7. The van der Waals surface area contributed by atoms with Gasteiger partial charge in [-0.2, -0.15) is 28.2 Å². The first-order valence-corrected chi connectivity index (χ1v) is 19.3. The molecule has 0 unspecified atom stereocenters. The number of fused-ring (bicyclic) bond motifs is 3. The van der Waals surface area contributed by atoms with E-state index in [0.717, 1.165) is 31.5 Å². The Bertz CT molecular complexity index is 2080. The van der Waals surface area contributed by atoms with Gasteiger partial charge in [0.2, 0.25) is 5.92 Å². The molecule has 1 amide bonds. The van der Waals surface area contributed by atoms with Crippen molar-refractivity contribution in [1.29, 1.82) is 0 Å². The highest BCUT2D eigenvalue weighted by Crippen LogP contribution is 2.57. The molecule has 302 valence electrons. The van der Waals surface area contributed by atoms with E-state index in [1.807, 2.05) is 4.90 Å². The van der Waals surface area contributed by atoms with Gasteiger partial charge in [0.1, 0.15) is 18.6 Å². The van der Waals surface area contributed by atoms with Gasteiger partial charge in [-0.15, -0.1) is 0 Å². The van der Waals surface area contributed by atoms with E-state index in [1.165, 1.54) is 4.90 Å². The van der Waals surface area contributed by atoms with Gasteiger partial charge in [0.15, 0.2) is 11.5 Å². The summed E-state index contributed by atoms with van der Waals surface area (Å²) in [4.78, 5) is 28.6. The van der Waals surface area contributed by atoms with Crippen LogP contribution in [0, 0.1) is 11.2 Å². The molecule has 2 N–H and O–H groups in total. The van der Waals surface area contributed by atoms with E-state index in [0.29, 0.717) is 56.1 Å². The van der Waals surface area contributed by atoms with Crippen LogP contribution in [0.2, 0.25) is 5.02 Å². The number of alkyl halides is 6. The van der Waals surface area contributed by atoms with Crippen molar-refractivity contribution >= 4 is 29.0 Å². The zero-order chi connectivity index (χ0) is 39.4. The zero-order valence-corrected chi connectivity index (χ0v) is 31.0. The summed E-state index contributed by atoms with van der Waals surface area (Å²) in [6.45, 7) is 2.30. The lowest BCUT2D eigenvalue weighted by atomic mass is 9.65. The van der Waals surface area contributed by atoms with E-state index in [1.54, 1.807) is 4.68 Å². The van der Waals surface area contributed by atoms with E-state index in [9.17, 15) is 31.1 Å². The van der Waals surface area contributed by atoms with Gasteiger partial charge >= 0.3 is 12.2 Å². The van der Waals surface area contributed by atoms with Gasteiger partial charge in [-0.1, -0.05) is 11.6 Å². The van der Waals surface area contributed by atoms with Crippen LogP contribution >= 0.6 is 11.6 Å². The second kappa shape index (κ2) is 13.3. The Labute approximate surface area is 322 Å². The lowest BCUT2D eigenvalue weighted by molar-refractivity contribution is -0.154. The first kappa shape index (κ1) is 37.7. The Balaban J connectivity index is 1.04. The molecule has 19 heteroatoms. The second-order valence-electron chi connectivity index (χ2n) is 16.3. The third kappa shape index (κ3) is 6.43. The van der Waals surface area contributed by atoms with Gasteiger partial charge in [0.25, 0.3) is 5.91 Å². The SMILES string of the molecule is Nc1ccc(C(F)(F)F)c([C@@H]2Cc3nc(OC[C@@]45CCCN4C[C@H](F)C5)nc(N4CCCn5nc(C(=O)N6CCC7(C6)CC(F)(F)C7)c(Cl)c5C4)c3CO2)c1F. The molecule has 1 aromatic carbocycles. The van der Waals surface area contributed by atoms with Crippen LogP contribution < -0.4 is 15.4 Å². The Morgan fingerprint density at radius 3 is 2.66 bits per heavy atom. The maximum atomic E-state index is 15.4. The first-order chi connectivity index (χ1) is 26.5. The average molecular weight is 813 g/mol. The molecule has 56 heavy (non-hydrogen) atoms. The van der Waals surface area contributed by atoms with Crippen molar-refractivity contribution in [3.8, 4) is 6.01 Å². The topological polar surface area (TPSA) is 115 Å². The fourth-order valence-corrected chi connectivity index (χ4v) is 10.2. The van der Waals surface area contributed by atoms with Crippen LogP contribution in [0.1, 0.15) is 89.6 Å². The summed E-state index contributed by atoms with van der Waals surface area (Å²) in [6.07, 6.45) is -5.17. The van der Waals surface area contributed by atoms with E-state index in [4.69, 9.17) is 31.8 Å². The van der Waals surface area contributed by atoms with E-state index in [-0.39, 0.29) is 74.4 Å². The van der Waals surface area contributed by atoms with Crippen molar-refractivity contribution in [2.45, 2.75) is 101 Å². The number of amides is 1. The van der Waals surface area contributed by atoms with Crippen molar-refractivity contribution in [3.05, 3.63) is 56.7 Å². The number of likely N-dealkylation sites (tertiary alicyclic amines) is 1. The average Bonchev–Trinajstić information content (AvgIpc) is 3.84. The maximum Gasteiger partial charge on any atom is 0.416 e. The molecule has 7 heterocycles. The van der Waals surface area contributed by atoms with Crippen LogP contribution in [0.15, 0.2) is 12.1 Å². The number of hydrogen-bond donors (Lipinski definition) is 1. The van der Waals surface area contributed by atoms with Crippen LogP contribution in [-0.4, -0.2) is 92.4 Å². The van der Waals surface area contributed by atoms with Crippen molar-refractivity contribution in [1.82, 2.24) is 29.5 Å². The molecule has 2 aromatic heterocycles. The molecular weight excluding hydrogens is 773 g/mol. The van der Waals surface area contributed by atoms with E-state index in [2.05, 4.69) is 15.0 Å². The van der Waals surface area contributed by atoms with Crippen molar-refractivity contribution in [2.75, 3.05) is 50.0 Å². The minimum Gasteiger partial charge on any atom is -0.461 e. The molecule has 0 radical (unpaired) electrons. The number of benzene rings is 1. The highest BCUT2D eigenvalue weighted by Gasteiger charge is 2.59. The summed E-state index contributed by atoms with van der Waals surface area (Å²) in [5.41, 5.74) is 3.49. The number of anilines is 2. The summed E-state index contributed by atoms with van der Waals surface area (Å²) in [6, 6.07) is 1.53. The van der Waals surface area contributed by atoms with Gasteiger partial charge in [-0.25, -0.2) is 17.6 Å². The number of halogens is 8. The Morgan fingerprint density at radius 2 is 1.89 bits per heavy atom. The zero-order valence-electron chi connectivity index (χ0n) is 30.3. The molecule has 3 saturated heterocycles. The molecular formula is C37H40ClF7N8O3. The van der Waals surface area contributed by atoms with E-state index < -0.39 is 63.9 Å². The predicted molar refractivity (Wildman–Crippen MR) is 188 cm³/mol. The first-order valence-electron chi connectivity index (χ1n) is 18.9. The summed E-state index contributed by atoms with van der Waals surface area (Å²) in [5, 5.41) is 4.69. The highest BCUT2D eigenvalue weighted by molar-refractivity contribution is 6.34. The Kier molecular flexibility index (Phi) is 8.96. The van der Waals surface area contributed by atoms with E-state index >= 15 is 4.39 Å². The summed E-state index contributed by atoms with van der Waals surface area (Å²) >= 11 is 6.90. The van der Waals surface area contributed by atoms with Crippen LogP contribution in [0.4, 0.5) is 42.2 Å². The van der Waals surface area contributed by atoms with Gasteiger partial charge in [-0.05, 0) is 44.4 Å². The third-order valence-electron chi connectivity index (χ3n) is 12.6. The molecule has 11 nitrogen and oxygen atoms in total. The molecule has 6 aliphatic rings. The molecule has 3 aromatic rings. The standard InChI is InChI=1S/C37H40ClF7N8O3/c38-28-25-14-50(7-2-9-53(25)49-30(28)32(54)51-10-6-34(18-51)16-36(41,42)17-34)31-21-15-55-26(27-22(37(43,44)45)3-4-23(46)29(27)40)11-24(21)47-33(48-31)56-19-35-5-1-8-52(35)13-20(39)12-35/h3-4,20,26H,1-2,5-19,46H2/t20-,26+,35+/m1/s1. The number of nitrogens with two attached hydrogens (primary N) is 1. The van der Waals surface area contributed by atoms with Crippen LogP contribution in [0.25, 0.3) is 0 Å². The lowest BCUT2D eigenvalue weighted by Crippen LogP contribution is -2.48. The normalized spacial score (nSPS) is 26.9. The number of carbonyl (C=O) groups excluding carboxylic acids is 1. The number of carbonyl (C=O) groups is 1. The van der Waals surface area contributed by atoms with Crippen molar-refractivity contribution in [2.24, 2.45) is 5.41 Å². The Hall–Kier alpha value is -3.90. The molecule has 0 bridgehead atoms. The van der Waals surface area contributed by atoms with Crippen molar-refractivity contribution in [3.63, 3.8) is 0 Å². The van der Waals surface area contributed by atoms with Gasteiger partial charge in [-0.3, -0.25) is 14.4 Å². The fourth-order valence-electron chi connectivity index (χ4n) is 9.95.